The number of hydrogen-bond donors (Lipinski definition) is 0. The van der Waals surface area contributed by atoms with Crippen LogP contribution in [0.3, 0.4) is 0 Å². The van der Waals surface area contributed by atoms with Gasteiger partial charge >= 0.3 is 0 Å². The molecule has 0 aliphatic heterocycles. The molecule has 0 saturated heterocycles. The fraction of sp³-hybridized carbons (Fsp3) is 0. The van der Waals surface area contributed by atoms with Crippen LogP contribution in [0, 0.1) is 0 Å². The predicted octanol–water partition coefficient (Wildman–Crippen LogP) is -0.0408. The van der Waals surface area contributed by atoms with Gasteiger partial charge in [-0.15, -0.1) is 0 Å². The first-order valence-corrected chi connectivity index (χ1v) is 24.0. The molecule has 0 unspecified atom stereocenters. The summed E-state index contributed by atoms with van der Waals surface area (Å²) in [4.78, 5) is 0. The highest BCUT2D eigenvalue weighted by molar-refractivity contribution is 8.77. The highest BCUT2D eigenvalue weighted by Gasteiger charge is 1.40. The monoisotopic (exact) mass is 544 g/mol. The minimum absolute atomic E-state index is 1.37. The Balaban J connectivity index is 5.69. The van der Waals surface area contributed by atoms with Gasteiger partial charge in [0.15, 0.2) is 0 Å². The molecule has 0 saturated carbocycles. The van der Waals surface area contributed by atoms with E-state index in [2.05, 4.69) is 0 Å². The van der Waals surface area contributed by atoms with Gasteiger partial charge in [0.2, 0.25) is 0 Å². The average Bonchev–Trinajstić information content (AvgIpc) is 2.35. The lowest BCUT2D eigenvalue weighted by atomic mass is 30.7. The van der Waals surface area contributed by atoms with Crippen LogP contribution in [0.1, 0.15) is 0 Å². The molecule has 0 aromatic rings. The van der Waals surface area contributed by atoms with Gasteiger partial charge < -0.3 is 0 Å². The van der Waals surface area contributed by atoms with Gasteiger partial charge in [-0.1, -0.05) is 0 Å². The van der Waals surface area contributed by atoms with Crippen molar-refractivity contribution in [3.8, 4) is 0 Å². The van der Waals surface area contributed by atoms with Crippen molar-refractivity contribution >= 4 is 156 Å². The van der Waals surface area contributed by atoms with Gasteiger partial charge in [0, 0.05) is 156 Å². The summed E-state index contributed by atoms with van der Waals surface area (Å²) < 4.78 is 0. The van der Waals surface area contributed by atoms with Crippen LogP contribution in [0.5, 0.6) is 0 Å². The van der Waals surface area contributed by atoms with E-state index in [0.29, 0.717) is 0 Å². The Hall–Kier alpha value is 3.74. The highest BCUT2D eigenvalue weighted by Crippen LogP contribution is 1.40. The maximum Gasteiger partial charge on any atom is 0 e. The van der Waals surface area contributed by atoms with Crippen LogP contribution in [0.2, 0.25) is 0 Å². The van der Waals surface area contributed by atoms with Crippen molar-refractivity contribution < 1.29 is 0 Å². The summed E-state index contributed by atoms with van der Waals surface area (Å²) in [7, 11) is 25.4. The summed E-state index contributed by atoms with van der Waals surface area (Å²) >= 11 is 9.48. The van der Waals surface area contributed by atoms with E-state index in [9.17, 15) is 0 Å². The first kappa shape index (κ1) is 20.7. The summed E-state index contributed by atoms with van der Waals surface area (Å²) in [6.45, 7) is 0. The van der Waals surface area contributed by atoms with E-state index < -0.39 is 0 Å². The van der Waals surface area contributed by atoms with Gasteiger partial charge in [0.25, 0.3) is 0 Å². The van der Waals surface area contributed by atoms with Crippen LogP contribution in [0.15, 0.2) is 0 Å². The molecule has 0 aromatic carbocycles. The molecule has 0 radical (unpaired) electrons. The third-order valence-corrected chi connectivity index (χ3v) is 31.5. The largest absolute Gasteiger partial charge is 0 e. The molecule has 0 nitrogen and oxygen atoms in total. The normalized spacial score (nSPS) is 7.29. The van der Waals surface area contributed by atoms with E-state index in [1.165, 1.54) is 17.8 Å². The number of hydrogen-bond acceptors (Lipinski definition) is 2. The smallest absolute Gasteiger partial charge is 0 e. The summed E-state index contributed by atoms with van der Waals surface area (Å²) in [5.74, 6) is 0. The Bertz CT molecular complexity index is 758. The van der Waals surface area contributed by atoms with E-state index in [1.54, 1.807) is 115 Å². The topological polar surface area (TPSA) is 0 Å². The van der Waals surface area contributed by atoms with Crippen LogP contribution in [-0.4, -0.2) is 0 Å². The molecule has 0 spiro atoms. The summed E-state index contributed by atoms with van der Waals surface area (Å²) in [6, 6.07) is 0. The van der Waals surface area contributed by atoms with Crippen LogP contribution >= 0.6 is 0 Å². The molecule has 0 N–H and O–H groups in total. The molecule has 0 amide bonds. The molecule has 17 heavy (non-hydrogen) atoms. The van der Waals surface area contributed by atoms with Crippen LogP contribution < -0.4 is 0 Å². The standard InChI is InChI=1S/S17/c1-3-5-7-9-11-13-15-17-16-14-12-10-8-6-4-2. The van der Waals surface area contributed by atoms with Gasteiger partial charge in [-0.3, -0.25) is 0 Å². The van der Waals surface area contributed by atoms with Crippen molar-refractivity contribution in [2.75, 3.05) is 0 Å². The lowest BCUT2D eigenvalue weighted by molar-refractivity contribution is 5.97. The van der Waals surface area contributed by atoms with Crippen molar-refractivity contribution in [2.24, 2.45) is 0 Å². The van der Waals surface area contributed by atoms with Crippen LogP contribution in [0.25, 0.3) is 0 Å². The second-order valence-electron chi connectivity index (χ2n) is 1.02. The van der Waals surface area contributed by atoms with E-state index in [1.807, 2.05) is 0 Å². The molecule has 0 aliphatic rings. The van der Waals surface area contributed by atoms with Crippen molar-refractivity contribution in [2.45, 2.75) is 0 Å². The zero-order valence-electron chi connectivity index (χ0n) is 6.94. The Labute approximate surface area is 152 Å². The van der Waals surface area contributed by atoms with Gasteiger partial charge in [-0.2, -0.15) is 0 Å². The molecule has 0 atom stereocenters. The van der Waals surface area contributed by atoms with Crippen molar-refractivity contribution in [3.05, 3.63) is 0 Å². The molecule has 0 aliphatic carbocycles. The molecule has 102 valence electrons. The van der Waals surface area contributed by atoms with Gasteiger partial charge in [-0.05, 0) is 0 Å². The van der Waals surface area contributed by atoms with E-state index in [-0.39, 0.29) is 0 Å². The fourth-order valence-electron chi connectivity index (χ4n) is 0.147. The molecule has 0 heterocycles. The molecule has 0 bridgehead atoms. The second kappa shape index (κ2) is 19.7. The first-order chi connectivity index (χ1) is 8.41. The van der Waals surface area contributed by atoms with Crippen LogP contribution in [-0.2, 0) is 156 Å². The predicted molar refractivity (Wildman–Crippen MR) is 125 cm³/mol. The Morgan fingerprint density at radius 1 is 0.294 bits per heavy atom. The maximum atomic E-state index is 4.74. The second-order valence-corrected chi connectivity index (χ2v) is 27.6. The Kier molecular flexibility index (Phi) is 24.1. The Morgan fingerprint density at radius 3 is 0.647 bits per heavy atom. The van der Waals surface area contributed by atoms with Crippen molar-refractivity contribution in [1.29, 1.82) is 0 Å². The van der Waals surface area contributed by atoms with E-state index in [4.69, 9.17) is 22.4 Å². The van der Waals surface area contributed by atoms with Gasteiger partial charge in [-0.25, -0.2) is 0 Å². The van der Waals surface area contributed by atoms with E-state index >= 15 is 0 Å². The molecule has 0 fully saturated rings. The molecular formula is S17. The van der Waals surface area contributed by atoms with Crippen molar-refractivity contribution in [1.82, 2.24) is 0 Å². The fourth-order valence-corrected chi connectivity index (χ4v) is 35.8. The quantitative estimate of drug-likeness (QED) is 0.420. The Morgan fingerprint density at radius 2 is 0.471 bits per heavy atom. The lowest BCUT2D eigenvalue weighted by Gasteiger charge is -1.39. The molecule has 0 rings (SSSR count). The van der Waals surface area contributed by atoms with Crippen molar-refractivity contribution in [3.63, 3.8) is 0 Å². The first-order valence-electron chi connectivity index (χ1n) is 2.67. The van der Waals surface area contributed by atoms with Gasteiger partial charge in [0.05, 0.1) is 0 Å². The molecule has 17 heteroatoms. The zero-order valence-corrected chi connectivity index (χ0v) is 20.8. The number of rotatable bonds is 0. The minimum atomic E-state index is 1.37. The molecule has 0 aromatic heterocycles. The highest BCUT2D eigenvalue weighted by atomic mass is 33.5. The zero-order chi connectivity index (χ0) is 12.6. The summed E-state index contributed by atoms with van der Waals surface area (Å²) in [5.41, 5.74) is 0. The molecular weight excluding hydrogens is 545 g/mol. The third-order valence-electron chi connectivity index (χ3n) is 0.389. The third kappa shape index (κ3) is 19.7. The van der Waals surface area contributed by atoms with E-state index in [0.717, 1.165) is 0 Å². The summed E-state index contributed by atoms with van der Waals surface area (Å²) in [6.07, 6.45) is 0. The van der Waals surface area contributed by atoms with Gasteiger partial charge in [0.1, 0.15) is 0 Å². The maximum absolute atomic E-state index is 4.74. The lowest BCUT2D eigenvalue weighted by Crippen LogP contribution is -1.39. The average molecular weight is 545 g/mol. The van der Waals surface area contributed by atoms with Crippen LogP contribution in [0.4, 0.5) is 0 Å². The minimum Gasteiger partial charge on any atom is 0 e. The SMILES string of the molecule is S=S=S=S=S=S=S=S=S=S=S=S=S=S=S=S=S. The summed E-state index contributed by atoms with van der Waals surface area (Å²) in [5, 5.41) is 0.